The van der Waals surface area contributed by atoms with Crippen LogP contribution in [0.4, 0.5) is 74.7 Å². The zero-order valence-corrected chi connectivity index (χ0v) is 76.8. The number of carbonyl (C=O) groups is 2. The van der Waals surface area contributed by atoms with Crippen LogP contribution in [0.25, 0.3) is 12.2 Å². The monoisotopic (exact) mass is 1900 g/mol. The summed E-state index contributed by atoms with van der Waals surface area (Å²) in [7, 11) is -17.6. The van der Waals surface area contributed by atoms with Crippen LogP contribution in [-0.2, 0) is 71.0 Å². The van der Waals surface area contributed by atoms with Crippen LogP contribution >= 0.6 is 0 Å². The van der Waals surface area contributed by atoms with Crippen LogP contribution in [0.15, 0.2) is 250 Å². The molecule has 0 spiro atoms. The standard InChI is InChI=1S/C26H27N7O4S.2C22H25N5O3S.C21H24FN7O4S/c1-17-8-11-19(12-9-17)23(34)27-14-15-28-24-31-25(29-20-6-4-3-5-7-20)33-26(32-24)30-21-13-10-18(2)22(16-21)38(35,36)37;2*1-2-6-18-10-9-17(13-19(18)31(28,29)30)15-21-25-20(14-16-7-4-3-5-8-16)26-22(27-21)24-12-11-23;1-13-8-9-16(12-17(13)34(31,32)33)26-21-28-19(24-11-10-23-18(30)14(2)22)27-20(29-21)25-15-6-4-3-5-7-15/h3-13,16H,14-15H2,1-2H3,(H,27,34)(H,35,36,37)(H3,28,29,30,31,32,33);2*2-10,13H,11-12,14-15,23H2,1H3,(H,28,29,30)(H,24,25,26,27);3-9,12,14H,10-11H2,1-2H3,(H,23,30)(H,31,32,33)(H3,24,25,26,27,28,29)/b;2*6-2+;/i;;;22-1. The number of allylic oxidation sites excluding steroid dienone is 2. The number of nitrogens with two attached hydrogens (primary N) is 2. The molecule has 1 unspecified atom stereocenters. The van der Waals surface area contributed by atoms with Gasteiger partial charge in [-0.15, -0.1) is 0 Å². The summed E-state index contributed by atoms with van der Waals surface area (Å²) in [6.07, 6.45) is 6.68. The van der Waals surface area contributed by atoms with Crippen molar-refractivity contribution in [3.8, 4) is 0 Å². The number of halogens is 1. The first-order chi connectivity index (χ1) is 64.1. The maximum absolute atomic E-state index is 13.0. The number of aryl methyl sites for hydroxylation is 3. The van der Waals surface area contributed by atoms with Gasteiger partial charge in [0.15, 0.2) is 6.17 Å². The van der Waals surface area contributed by atoms with Crippen molar-refractivity contribution in [3.63, 3.8) is 0 Å². The number of amides is 2. The Labute approximate surface area is 775 Å². The smallest absolute Gasteiger partial charge is 0.295 e. The Morgan fingerprint density at radius 3 is 1.01 bits per heavy atom. The first-order valence-electron chi connectivity index (χ1n) is 41.6. The second-order valence-electron chi connectivity index (χ2n) is 29.4. The number of rotatable bonds is 38. The second-order valence-corrected chi connectivity index (χ2v) is 35.0. The molecule has 0 fully saturated rings. The third-order valence-electron chi connectivity index (χ3n) is 18.7. The first kappa shape index (κ1) is 101. The van der Waals surface area contributed by atoms with Gasteiger partial charge in [-0.3, -0.25) is 27.8 Å². The highest BCUT2D eigenvalue weighted by molar-refractivity contribution is 7.86. The van der Waals surface area contributed by atoms with E-state index in [9.17, 15) is 65.9 Å². The van der Waals surface area contributed by atoms with Crippen molar-refractivity contribution in [2.24, 2.45) is 11.5 Å². The lowest BCUT2D eigenvalue weighted by atomic mass is 10.1. The molecular formula is C91H101FN24O14S4. The van der Waals surface area contributed by atoms with E-state index in [0.29, 0.717) is 138 Å². The van der Waals surface area contributed by atoms with Gasteiger partial charge in [-0.2, -0.15) is 83.5 Å². The highest BCUT2D eigenvalue weighted by Crippen LogP contribution is 2.29. The molecule has 0 bridgehead atoms. The van der Waals surface area contributed by atoms with Crippen molar-refractivity contribution >= 4 is 135 Å². The number of nitrogens with zero attached hydrogens (tertiary/aromatic N) is 12. The van der Waals surface area contributed by atoms with Crippen molar-refractivity contribution in [3.05, 3.63) is 309 Å². The van der Waals surface area contributed by atoms with Crippen LogP contribution in [0.2, 0.25) is 0 Å². The molecule has 0 aliphatic rings. The van der Waals surface area contributed by atoms with Crippen molar-refractivity contribution in [2.45, 2.75) is 93.0 Å². The molecule has 0 radical (unpaired) electrons. The largest absolute Gasteiger partial charge is 0.353 e. The predicted molar refractivity (Wildman–Crippen MR) is 513 cm³/mol. The van der Waals surface area contributed by atoms with E-state index in [-0.39, 0.29) is 87.1 Å². The Morgan fingerprint density at radius 2 is 0.672 bits per heavy atom. The Hall–Kier alpha value is -14.7. The van der Waals surface area contributed by atoms with E-state index in [1.54, 1.807) is 107 Å². The molecule has 134 heavy (non-hydrogen) atoms. The molecule has 0 aliphatic carbocycles. The van der Waals surface area contributed by atoms with E-state index in [1.165, 1.54) is 30.3 Å². The van der Waals surface area contributed by atoms with Crippen LogP contribution in [-0.4, -0.2) is 182 Å². The minimum Gasteiger partial charge on any atom is -0.353 e. The highest BCUT2D eigenvalue weighted by atomic mass is 32.2. The average Bonchev–Trinajstić information content (AvgIpc) is 0.821. The lowest BCUT2D eigenvalue weighted by molar-refractivity contribution is -0.125. The zero-order valence-electron chi connectivity index (χ0n) is 73.6. The van der Waals surface area contributed by atoms with E-state index in [2.05, 4.69) is 113 Å². The third-order valence-corrected chi connectivity index (χ3v) is 22.5. The highest BCUT2D eigenvalue weighted by Gasteiger charge is 2.23. The number of alkyl halides is 1. The number of hydrogen-bond acceptors (Lipinski definition) is 32. The summed E-state index contributed by atoms with van der Waals surface area (Å²) >= 11 is 0. The summed E-state index contributed by atoms with van der Waals surface area (Å²) in [6.45, 7) is 12.7. The quantitative estimate of drug-likeness (QED) is 0.0126. The van der Waals surface area contributed by atoms with Crippen molar-refractivity contribution in [1.82, 2.24) is 70.4 Å². The molecular weight excluding hydrogens is 1800 g/mol. The molecule has 0 saturated heterocycles. The minimum absolute atomic E-state index is 0.0856. The number of nitrogens with one attached hydrogen (secondary N) is 10. The van der Waals surface area contributed by atoms with Gasteiger partial charge >= 0.3 is 0 Å². The Morgan fingerprint density at radius 1 is 0.351 bits per heavy atom. The molecule has 38 nitrogen and oxygen atoms in total. The van der Waals surface area contributed by atoms with Gasteiger partial charge in [-0.05, 0) is 159 Å². The van der Waals surface area contributed by atoms with Crippen molar-refractivity contribution in [1.29, 1.82) is 0 Å². The summed E-state index contributed by atoms with van der Waals surface area (Å²) in [5, 5.41) is 29.4. The summed E-state index contributed by atoms with van der Waals surface area (Å²) in [6, 6.07) is 64.1. The number of benzene rings is 9. The molecule has 9 aromatic carbocycles. The van der Waals surface area contributed by atoms with Crippen molar-refractivity contribution in [2.75, 3.05) is 94.9 Å². The van der Waals surface area contributed by atoms with E-state index in [0.717, 1.165) is 35.0 Å². The molecule has 1 atom stereocenters. The van der Waals surface area contributed by atoms with Gasteiger partial charge in [0.05, 0.1) is 9.79 Å². The SMILES string of the molecule is C/C=C/c1ccc(Cc2nc(Cc3ccccc3)nc(NCCN)n2)cc1S(=O)(=O)O.C/C=C/c1ccc(Cc2nc(Cc3ccccc3)nc(NCCN)n2)cc1S(=O)(=O)O.Cc1ccc(C(=O)NCCNc2nc(Nc3ccccc3)nc(Nc3ccc(C)c(S(=O)(=O)O)c3)n2)cc1.Cc1ccc(Nc2nc(NCCNC(=O)C(C)[18F])nc(Nc3ccccc3)n2)cc1S(=O)(=O)O. The number of hydrogen-bond donors (Lipinski definition) is 16. The van der Waals surface area contributed by atoms with Gasteiger partial charge in [0.2, 0.25) is 47.6 Å². The third kappa shape index (κ3) is 33.0. The number of para-hydroxylation sites is 2. The van der Waals surface area contributed by atoms with E-state index >= 15 is 0 Å². The van der Waals surface area contributed by atoms with E-state index in [4.69, 9.17) is 11.5 Å². The Kier molecular flexibility index (Phi) is 37.1. The second kappa shape index (κ2) is 49.0. The van der Waals surface area contributed by atoms with Crippen LogP contribution < -0.4 is 64.6 Å². The fourth-order valence-corrected chi connectivity index (χ4v) is 15.4. The first-order valence-corrected chi connectivity index (χ1v) is 47.3. The molecule has 700 valence electrons. The van der Waals surface area contributed by atoms with Gasteiger partial charge in [0.1, 0.15) is 33.1 Å². The molecule has 4 heterocycles. The van der Waals surface area contributed by atoms with Crippen LogP contribution in [0, 0.1) is 20.8 Å². The summed E-state index contributed by atoms with van der Waals surface area (Å²) in [4.78, 5) is 75.9. The van der Waals surface area contributed by atoms with E-state index < -0.39 is 52.6 Å². The Bertz CT molecular complexity index is 6530. The molecule has 43 heteroatoms. The van der Waals surface area contributed by atoms with Crippen LogP contribution in [0.3, 0.4) is 0 Å². The maximum atomic E-state index is 13.0. The zero-order chi connectivity index (χ0) is 96.4. The molecule has 4 aromatic heterocycles. The number of anilines is 12. The van der Waals surface area contributed by atoms with Gasteiger partial charge in [-0.1, -0.05) is 175 Å². The topological polar surface area (TPSA) is 579 Å². The molecule has 13 rings (SSSR count). The van der Waals surface area contributed by atoms with Gasteiger partial charge in [-0.25, -0.2) is 14.4 Å². The summed E-state index contributed by atoms with van der Waals surface area (Å²) < 4.78 is 145. The van der Waals surface area contributed by atoms with E-state index in [1.807, 2.05) is 140 Å². The fraction of sp³-hybridized carbons (Fsp3) is 0.209. The molecule has 13 aromatic rings. The number of aromatic nitrogens is 12. The van der Waals surface area contributed by atoms with Crippen molar-refractivity contribution < 1.29 is 65.9 Å². The average molecular weight is 1900 g/mol. The Balaban J connectivity index is 0.000000186. The fourth-order valence-electron chi connectivity index (χ4n) is 12.4. The van der Waals surface area contributed by atoms with Gasteiger partial charge < -0.3 is 64.6 Å². The van der Waals surface area contributed by atoms with Crippen LogP contribution in [0.1, 0.15) is 104 Å². The lowest BCUT2D eigenvalue weighted by Gasteiger charge is -2.13. The predicted octanol–water partition coefficient (Wildman–Crippen LogP) is 12.3. The van der Waals surface area contributed by atoms with Crippen LogP contribution in [0.5, 0.6) is 0 Å². The summed E-state index contributed by atoms with van der Waals surface area (Å²) in [5.74, 6) is 3.12. The normalized spacial score (nSPS) is 11.6. The number of carbonyl (C=O) groups excluding carboxylic acids is 2. The van der Waals surface area contributed by atoms with Gasteiger partial charge in [0, 0.05) is 106 Å². The maximum Gasteiger partial charge on any atom is 0.295 e. The molecule has 18 N–H and O–H groups in total. The van der Waals surface area contributed by atoms with Gasteiger partial charge in [0.25, 0.3) is 52.3 Å². The lowest BCUT2D eigenvalue weighted by Crippen LogP contribution is -2.34. The molecule has 0 saturated carbocycles. The molecule has 0 aliphatic heterocycles. The summed E-state index contributed by atoms with van der Waals surface area (Å²) in [5.41, 5.74) is 20.0. The molecule has 2 amide bonds. The minimum atomic E-state index is -4.41.